The predicted molar refractivity (Wildman–Crippen MR) is 76.6 cm³/mol. The third-order valence-corrected chi connectivity index (χ3v) is 3.37. The molecule has 1 aromatic heterocycles. The molecule has 0 aliphatic rings. The van der Waals surface area contributed by atoms with Gasteiger partial charge in [-0.15, -0.1) is 0 Å². The fourth-order valence-corrected chi connectivity index (χ4v) is 2.32. The summed E-state index contributed by atoms with van der Waals surface area (Å²) in [5, 5.41) is 1.03. The normalized spacial score (nSPS) is 10.7. The van der Waals surface area contributed by atoms with Crippen molar-refractivity contribution < 1.29 is 9.18 Å². The van der Waals surface area contributed by atoms with E-state index in [0.29, 0.717) is 11.1 Å². The molecule has 0 atom stereocenters. The van der Waals surface area contributed by atoms with Crippen molar-refractivity contribution in [3.8, 4) is 0 Å². The second-order valence-corrected chi connectivity index (χ2v) is 4.74. The van der Waals surface area contributed by atoms with Gasteiger partial charge in [-0.1, -0.05) is 35.9 Å². The number of aromatic nitrogens is 1. The fraction of sp³-hybridized carbons (Fsp3) is 0. The Bertz CT molecular complexity index is 796. The number of rotatable bonds is 2. The van der Waals surface area contributed by atoms with Gasteiger partial charge in [0, 0.05) is 17.1 Å². The molecule has 0 unspecified atom stereocenters. The molecule has 0 amide bonds. The highest BCUT2D eigenvalue weighted by molar-refractivity contribution is 6.35. The third kappa shape index (κ3) is 2.17. The molecule has 3 aromatic rings. The Balaban J connectivity index is 2.13. The third-order valence-electron chi connectivity index (χ3n) is 3.06. The molecule has 2 nitrogen and oxygen atoms in total. The van der Waals surface area contributed by atoms with E-state index in [0.717, 1.165) is 5.39 Å². The lowest BCUT2D eigenvalue weighted by atomic mass is 10.0. The van der Waals surface area contributed by atoms with Crippen molar-refractivity contribution in [2.75, 3.05) is 0 Å². The van der Waals surface area contributed by atoms with Crippen LogP contribution in [0.25, 0.3) is 10.9 Å². The van der Waals surface area contributed by atoms with Crippen LogP contribution in [-0.4, -0.2) is 10.8 Å². The molecule has 0 saturated carbocycles. The number of carbonyl (C=O) groups excluding carboxylic acids is 1. The first-order valence-corrected chi connectivity index (χ1v) is 6.38. The molecule has 0 N–H and O–H groups in total. The van der Waals surface area contributed by atoms with Crippen LogP contribution in [0, 0.1) is 5.82 Å². The van der Waals surface area contributed by atoms with Crippen LogP contribution in [0.1, 0.15) is 15.9 Å². The van der Waals surface area contributed by atoms with Gasteiger partial charge in [-0.2, -0.15) is 0 Å². The molecular weight excluding hydrogens is 277 g/mol. The van der Waals surface area contributed by atoms with Gasteiger partial charge in [0.25, 0.3) is 0 Å². The Hall–Kier alpha value is -2.26. The van der Waals surface area contributed by atoms with E-state index < -0.39 is 11.6 Å². The minimum atomic E-state index is -0.622. The monoisotopic (exact) mass is 285 g/mol. The molecule has 0 bridgehead atoms. The summed E-state index contributed by atoms with van der Waals surface area (Å²) in [4.78, 5) is 16.6. The first-order valence-electron chi connectivity index (χ1n) is 6.00. The van der Waals surface area contributed by atoms with Crippen molar-refractivity contribution >= 4 is 28.3 Å². The van der Waals surface area contributed by atoms with Crippen molar-refractivity contribution in [1.82, 2.24) is 4.98 Å². The van der Waals surface area contributed by atoms with Gasteiger partial charge >= 0.3 is 0 Å². The number of halogens is 2. The Labute approximate surface area is 119 Å². The van der Waals surface area contributed by atoms with Crippen LogP contribution in [0.2, 0.25) is 5.02 Å². The molecule has 20 heavy (non-hydrogen) atoms. The number of hydrogen-bond acceptors (Lipinski definition) is 2. The molecule has 1 heterocycles. The first-order chi connectivity index (χ1) is 9.66. The Morgan fingerprint density at radius 3 is 2.75 bits per heavy atom. The second kappa shape index (κ2) is 5.02. The van der Waals surface area contributed by atoms with E-state index in [1.54, 1.807) is 24.4 Å². The van der Waals surface area contributed by atoms with E-state index in [1.165, 1.54) is 18.2 Å². The minimum absolute atomic E-state index is 0.107. The second-order valence-electron chi connectivity index (χ2n) is 4.34. The highest BCUT2D eigenvalue weighted by Crippen LogP contribution is 2.23. The van der Waals surface area contributed by atoms with Gasteiger partial charge in [-0.05, 0) is 24.3 Å². The number of nitrogens with zero attached hydrogens (tertiary/aromatic N) is 1. The average molecular weight is 286 g/mol. The van der Waals surface area contributed by atoms with E-state index in [-0.39, 0.29) is 10.6 Å². The largest absolute Gasteiger partial charge is 0.288 e. The van der Waals surface area contributed by atoms with Crippen LogP contribution in [0.3, 0.4) is 0 Å². The zero-order chi connectivity index (χ0) is 14.1. The maximum absolute atomic E-state index is 13.8. The van der Waals surface area contributed by atoms with Gasteiger partial charge in [0.1, 0.15) is 5.82 Å². The zero-order valence-corrected chi connectivity index (χ0v) is 11.1. The number of hydrogen-bond donors (Lipinski definition) is 0. The summed E-state index contributed by atoms with van der Waals surface area (Å²) in [7, 11) is 0. The number of benzene rings is 2. The quantitative estimate of drug-likeness (QED) is 0.659. The lowest BCUT2D eigenvalue weighted by Crippen LogP contribution is -2.05. The van der Waals surface area contributed by atoms with Gasteiger partial charge in [0.05, 0.1) is 16.1 Å². The van der Waals surface area contributed by atoms with E-state index in [2.05, 4.69) is 4.98 Å². The smallest absolute Gasteiger partial charge is 0.197 e. The molecule has 2 aromatic carbocycles. The highest BCUT2D eigenvalue weighted by Gasteiger charge is 2.17. The average Bonchev–Trinajstić information content (AvgIpc) is 2.46. The van der Waals surface area contributed by atoms with Gasteiger partial charge < -0.3 is 0 Å². The lowest BCUT2D eigenvalue weighted by molar-refractivity contribution is 0.103. The SMILES string of the molecule is O=C(c1ccc2cccnc2c1)c1c(F)cccc1Cl. The molecule has 0 aliphatic carbocycles. The maximum atomic E-state index is 13.8. The van der Waals surface area contributed by atoms with Gasteiger partial charge in [0.15, 0.2) is 5.78 Å². The number of carbonyl (C=O) groups is 1. The summed E-state index contributed by atoms with van der Waals surface area (Å²) in [6, 6.07) is 13.0. The maximum Gasteiger partial charge on any atom is 0.197 e. The summed E-state index contributed by atoms with van der Waals surface area (Å²) >= 11 is 5.92. The Morgan fingerprint density at radius 1 is 1.10 bits per heavy atom. The van der Waals surface area contributed by atoms with Crippen LogP contribution in [-0.2, 0) is 0 Å². The van der Waals surface area contributed by atoms with Crippen LogP contribution in [0.5, 0.6) is 0 Å². The van der Waals surface area contributed by atoms with Crippen molar-refractivity contribution in [3.63, 3.8) is 0 Å². The summed E-state index contributed by atoms with van der Waals surface area (Å²) in [5.74, 6) is -1.07. The van der Waals surface area contributed by atoms with Crippen LogP contribution < -0.4 is 0 Å². The lowest BCUT2D eigenvalue weighted by Gasteiger charge is -2.06. The molecule has 0 radical (unpaired) electrons. The van der Waals surface area contributed by atoms with E-state index >= 15 is 0 Å². The number of fused-ring (bicyclic) bond motifs is 1. The Kier molecular flexibility index (Phi) is 3.20. The van der Waals surface area contributed by atoms with Crippen molar-refractivity contribution in [2.45, 2.75) is 0 Å². The molecular formula is C16H9ClFNO. The molecule has 3 rings (SSSR count). The van der Waals surface area contributed by atoms with Crippen molar-refractivity contribution in [2.24, 2.45) is 0 Å². The van der Waals surface area contributed by atoms with E-state index in [1.807, 2.05) is 12.1 Å². The van der Waals surface area contributed by atoms with Crippen LogP contribution in [0.15, 0.2) is 54.7 Å². The summed E-state index contributed by atoms with van der Waals surface area (Å²) < 4.78 is 13.8. The van der Waals surface area contributed by atoms with Crippen molar-refractivity contribution in [3.05, 3.63) is 76.7 Å². The van der Waals surface area contributed by atoms with Crippen molar-refractivity contribution in [1.29, 1.82) is 0 Å². The topological polar surface area (TPSA) is 30.0 Å². The van der Waals surface area contributed by atoms with Gasteiger partial charge in [0.2, 0.25) is 0 Å². The molecule has 0 fully saturated rings. The molecule has 0 aliphatic heterocycles. The Morgan fingerprint density at radius 2 is 1.95 bits per heavy atom. The number of ketones is 1. The fourth-order valence-electron chi connectivity index (χ4n) is 2.07. The summed E-state index contributed by atoms with van der Waals surface area (Å²) in [6.07, 6.45) is 1.65. The summed E-state index contributed by atoms with van der Waals surface area (Å²) in [6.45, 7) is 0. The van der Waals surface area contributed by atoms with E-state index in [4.69, 9.17) is 11.6 Å². The zero-order valence-electron chi connectivity index (χ0n) is 10.3. The molecule has 98 valence electrons. The number of pyridine rings is 1. The molecule has 0 spiro atoms. The first kappa shape index (κ1) is 12.8. The highest BCUT2D eigenvalue weighted by atomic mass is 35.5. The summed E-state index contributed by atoms with van der Waals surface area (Å²) in [5.41, 5.74) is 0.943. The predicted octanol–water partition coefficient (Wildman–Crippen LogP) is 4.26. The minimum Gasteiger partial charge on any atom is -0.288 e. The van der Waals surface area contributed by atoms with Crippen LogP contribution >= 0.6 is 11.6 Å². The standard InChI is InChI=1S/C16H9ClFNO/c17-12-4-1-5-13(18)15(12)16(20)11-7-6-10-3-2-8-19-14(10)9-11/h1-9H. The van der Waals surface area contributed by atoms with Gasteiger partial charge in [-0.3, -0.25) is 9.78 Å². The van der Waals surface area contributed by atoms with Gasteiger partial charge in [-0.25, -0.2) is 4.39 Å². The van der Waals surface area contributed by atoms with Crippen LogP contribution in [0.4, 0.5) is 4.39 Å². The molecule has 0 saturated heterocycles. The molecule has 4 heteroatoms. The van der Waals surface area contributed by atoms with E-state index in [9.17, 15) is 9.18 Å².